The van der Waals surface area contributed by atoms with Crippen molar-refractivity contribution in [2.24, 2.45) is 11.7 Å². The second kappa shape index (κ2) is 8.68. The van der Waals surface area contributed by atoms with E-state index in [2.05, 4.69) is 31.2 Å². The van der Waals surface area contributed by atoms with E-state index in [4.69, 9.17) is 15.2 Å². The maximum Gasteiger partial charge on any atom is 0.410 e. The first-order valence-corrected chi connectivity index (χ1v) is 9.16. The van der Waals surface area contributed by atoms with Crippen LogP contribution < -0.4 is 5.73 Å². The molecule has 140 valence electrons. The van der Waals surface area contributed by atoms with Gasteiger partial charge in [-0.15, -0.1) is 0 Å². The number of piperidine rings is 1. The molecule has 0 saturated carbocycles. The maximum absolute atomic E-state index is 12.4. The molecular formula is C20H32N2O3. The Bertz CT molecular complexity index is 568. The normalized spacial score (nSPS) is 19.6. The minimum Gasteiger partial charge on any atom is -0.444 e. The molecule has 2 N–H and O–H groups in total. The fourth-order valence-corrected chi connectivity index (χ4v) is 3.30. The fraction of sp³-hybridized carbons (Fsp3) is 0.650. The summed E-state index contributed by atoms with van der Waals surface area (Å²) in [6, 6.07) is 8.39. The highest BCUT2D eigenvalue weighted by Crippen LogP contribution is 2.33. The van der Waals surface area contributed by atoms with Gasteiger partial charge in [0.2, 0.25) is 0 Å². The number of hydrogen-bond donors (Lipinski definition) is 1. The highest BCUT2D eigenvalue weighted by molar-refractivity contribution is 5.68. The minimum absolute atomic E-state index is 0.0475. The zero-order chi connectivity index (χ0) is 18.4. The van der Waals surface area contributed by atoms with Crippen LogP contribution in [-0.2, 0) is 9.47 Å². The van der Waals surface area contributed by atoms with Gasteiger partial charge >= 0.3 is 6.09 Å². The topological polar surface area (TPSA) is 64.8 Å². The Hall–Kier alpha value is -1.59. The third-order valence-corrected chi connectivity index (χ3v) is 4.32. The van der Waals surface area contributed by atoms with Crippen molar-refractivity contribution in [3.8, 4) is 0 Å². The van der Waals surface area contributed by atoms with Crippen LogP contribution in [-0.4, -0.2) is 42.8 Å². The standard InChI is InChI=1S/C20H32N2O3/c1-15-7-5-8-16(13-15)18(24-12-10-21)17-9-6-11-22(14-17)19(23)25-20(2,3)4/h5,7-8,13,17-18H,6,9-12,14,21H2,1-4H3. The SMILES string of the molecule is Cc1cccc(C(OCCN)C2CCCN(C(=O)OC(C)(C)C)C2)c1. The van der Waals surface area contributed by atoms with Crippen LogP contribution in [0.1, 0.15) is 50.8 Å². The molecule has 2 rings (SSSR count). The van der Waals surface area contributed by atoms with E-state index in [0.29, 0.717) is 19.7 Å². The van der Waals surface area contributed by atoms with Gasteiger partial charge in [0, 0.05) is 25.6 Å². The Balaban J connectivity index is 2.12. The van der Waals surface area contributed by atoms with Crippen molar-refractivity contribution in [2.75, 3.05) is 26.2 Å². The van der Waals surface area contributed by atoms with Crippen LogP contribution in [0.2, 0.25) is 0 Å². The van der Waals surface area contributed by atoms with Crippen LogP contribution in [0.3, 0.4) is 0 Å². The van der Waals surface area contributed by atoms with E-state index in [0.717, 1.165) is 24.9 Å². The van der Waals surface area contributed by atoms with Crippen molar-refractivity contribution in [3.05, 3.63) is 35.4 Å². The van der Waals surface area contributed by atoms with Gasteiger partial charge in [0.05, 0.1) is 12.7 Å². The average Bonchev–Trinajstić information content (AvgIpc) is 2.54. The Morgan fingerprint density at radius 2 is 2.16 bits per heavy atom. The number of aryl methyl sites for hydroxylation is 1. The number of carbonyl (C=O) groups is 1. The third-order valence-electron chi connectivity index (χ3n) is 4.32. The van der Waals surface area contributed by atoms with E-state index in [1.54, 1.807) is 0 Å². The Labute approximate surface area is 151 Å². The van der Waals surface area contributed by atoms with E-state index in [-0.39, 0.29) is 18.1 Å². The summed E-state index contributed by atoms with van der Waals surface area (Å²) < 4.78 is 11.6. The Kier molecular flexibility index (Phi) is 6.85. The predicted octanol–water partition coefficient (Wildman–Crippen LogP) is 3.66. The number of ether oxygens (including phenoxy) is 2. The molecule has 1 aliphatic rings. The molecule has 2 unspecified atom stereocenters. The second-order valence-electron chi connectivity index (χ2n) is 7.82. The highest BCUT2D eigenvalue weighted by Gasteiger charge is 2.33. The molecule has 1 aromatic carbocycles. The summed E-state index contributed by atoms with van der Waals surface area (Å²) in [5.41, 5.74) is 7.54. The predicted molar refractivity (Wildman–Crippen MR) is 99.5 cm³/mol. The van der Waals surface area contributed by atoms with Gasteiger partial charge in [-0.25, -0.2) is 4.79 Å². The molecule has 0 spiro atoms. The number of carbonyl (C=O) groups excluding carboxylic acids is 1. The molecule has 0 aromatic heterocycles. The van der Waals surface area contributed by atoms with Gasteiger partial charge in [-0.1, -0.05) is 29.8 Å². The Morgan fingerprint density at radius 3 is 2.80 bits per heavy atom. The lowest BCUT2D eigenvalue weighted by Gasteiger charge is -2.37. The number of hydrogen-bond acceptors (Lipinski definition) is 4. The van der Waals surface area contributed by atoms with E-state index < -0.39 is 5.60 Å². The van der Waals surface area contributed by atoms with E-state index >= 15 is 0 Å². The molecule has 0 aliphatic carbocycles. The molecule has 1 amide bonds. The highest BCUT2D eigenvalue weighted by atomic mass is 16.6. The molecule has 1 aliphatic heterocycles. The van der Waals surface area contributed by atoms with E-state index in [1.807, 2.05) is 25.7 Å². The van der Waals surface area contributed by atoms with Gasteiger partial charge < -0.3 is 20.1 Å². The maximum atomic E-state index is 12.4. The average molecular weight is 348 g/mol. The summed E-state index contributed by atoms with van der Waals surface area (Å²) in [5.74, 6) is 0.245. The van der Waals surface area contributed by atoms with Crippen LogP contribution in [0.4, 0.5) is 4.79 Å². The summed E-state index contributed by atoms with van der Waals surface area (Å²) in [6.07, 6.45) is 1.70. The van der Waals surface area contributed by atoms with Crippen molar-refractivity contribution in [1.29, 1.82) is 0 Å². The van der Waals surface area contributed by atoms with Gasteiger partial charge in [-0.2, -0.15) is 0 Å². The smallest absolute Gasteiger partial charge is 0.410 e. The summed E-state index contributed by atoms with van der Waals surface area (Å²) in [7, 11) is 0. The summed E-state index contributed by atoms with van der Waals surface area (Å²) >= 11 is 0. The molecular weight excluding hydrogens is 316 g/mol. The van der Waals surface area contributed by atoms with Crippen molar-refractivity contribution in [3.63, 3.8) is 0 Å². The van der Waals surface area contributed by atoms with Crippen molar-refractivity contribution < 1.29 is 14.3 Å². The van der Waals surface area contributed by atoms with Crippen molar-refractivity contribution in [2.45, 2.75) is 52.2 Å². The van der Waals surface area contributed by atoms with Crippen LogP contribution in [0.25, 0.3) is 0 Å². The first-order valence-electron chi connectivity index (χ1n) is 9.16. The molecule has 0 radical (unpaired) electrons. The molecule has 1 saturated heterocycles. The van der Waals surface area contributed by atoms with Crippen molar-refractivity contribution >= 4 is 6.09 Å². The van der Waals surface area contributed by atoms with E-state index in [9.17, 15) is 4.79 Å². The number of benzene rings is 1. The molecule has 5 nitrogen and oxygen atoms in total. The largest absolute Gasteiger partial charge is 0.444 e. The molecule has 25 heavy (non-hydrogen) atoms. The van der Waals surface area contributed by atoms with Gasteiger partial charge in [0.25, 0.3) is 0 Å². The van der Waals surface area contributed by atoms with Crippen molar-refractivity contribution in [1.82, 2.24) is 4.90 Å². The number of rotatable bonds is 5. The fourth-order valence-electron chi connectivity index (χ4n) is 3.30. The minimum atomic E-state index is -0.476. The number of nitrogens with zero attached hydrogens (tertiary/aromatic N) is 1. The lowest BCUT2D eigenvalue weighted by atomic mass is 9.88. The second-order valence-corrected chi connectivity index (χ2v) is 7.82. The summed E-state index contributed by atoms with van der Waals surface area (Å²) in [4.78, 5) is 14.2. The van der Waals surface area contributed by atoms with Gasteiger partial charge in [-0.3, -0.25) is 0 Å². The van der Waals surface area contributed by atoms with Gasteiger partial charge in [-0.05, 0) is 46.1 Å². The summed E-state index contributed by atoms with van der Waals surface area (Å²) in [6.45, 7) is 10.2. The first kappa shape index (κ1) is 19.7. The van der Waals surface area contributed by atoms with Crippen LogP contribution >= 0.6 is 0 Å². The lowest BCUT2D eigenvalue weighted by Crippen LogP contribution is -2.44. The van der Waals surface area contributed by atoms with E-state index in [1.165, 1.54) is 5.56 Å². The Morgan fingerprint density at radius 1 is 1.40 bits per heavy atom. The lowest BCUT2D eigenvalue weighted by molar-refractivity contribution is -0.0233. The molecule has 2 atom stereocenters. The monoisotopic (exact) mass is 348 g/mol. The van der Waals surface area contributed by atoms with Crippen LogP contribution in [0.15, 0.2) is 24.3 Å². The van der Waals surface area contributed by atoms with Crippen LogP contribution in [0, 0.1) is 12.8 Å². The molecule has 1 fully saturated rings. The summed E-state index contributed by atoms with van der Waals surface area (Å²) in [5, 5.41) is 0. The molecule has 0 bridgehead atoms. The number of likely N-dealkylation sites (tertiary alicyclic amines) is 1. The quantitative estimate of drug-likeness (QED) is 0.882. The van der Waals surface area contributed by atoms with Gasteiger partial charge in [0.1, 0.15) is 5.60 Å². The first-order chi connectivity index (χ1) is 11.8. The molecule has 5 heteroatoms. The van der Waals surface area contributed by atoms with Gasteiger partial charge in [0.15, 0.2) is 0 Å². The number of amides is 1. The zero-order valence-corrected chi connectivity index (χ0v) is 16.0. The third kappa shape index (κ3) is 6.01. The zero-order valence-electron chi connectivity index (χ0n) is 16.0. The number of nitrogens with two attached hydrogens (primary N) is 1. The van der Waals surface area contributed by atoms with Crippen LogP contribution in [0.5, 0.6) is 0 Å². The molecule has 1 heterocycles. The molecule has 1 aromatic rings.